The van der Waals surface area contributed by atoms with Crippen LogP contribution in [0.4, 0.5) is 11.5 Å². The van der Waals surface area contributed by atoms with Gasteiger partial charge in [0.2, 0.25) is 0 Å². The van der Waals surface area contributed by atoms with Crippen LogP contribution in [0.25, 0.3) is 0 Å². The molecule has 1 aliphatic heterocycles. The Morgan fingerprint density at radius 1 is 1.33 bits per heavy atom. The number of anilines is 2. The number of nitrogens with one attached hydrogen (secondary N) is 1. The fourth-order valence-corrected chi connectivity index (χ4v) is 3.19. The number of carbonyl (C=O) groups is 1. The smallest absolute Gasteiger partial charge is 0.260 e. The van der Waals surface area contributed by atoms with E-state index in [0.717, 1.165) is 17.1 Å². The second-order valence-electron chi connectivity index (χ2n) is 7.65. The van der Waals surface area contributed by atoms with E-state index in [-0.39, 0.29) is 11.4 Å². The Labute approximate surface area is 159 Å². The lowest BCUT2D eigenvalue weighted by Crippen LogP contribution is -2.30. The predicted octanol–water partition coefficient (Wildman–Crippen LogP) is 2.75. The molecule has 2 aromatic rings. The number of fused-ring (bicyclic) bond motifs is 1. The van der Waals surface area contributed by atoms with E-state index < -0.39 is 0 Å². The fourth-order valence-electron chi connectivity index (χ4n) is 3.19. The summed E-state index contributed by atoms with van der Waals surface area (Å²) in [5, 5.41) is 3.25. The molecular weight excluding hydrogens is 342 g/mol. The van der Waals surface area contributed by atoms with Crippen LogP contribution in [0.2, 0.25) is 0 Å². The highest BCUT2D eigenvalue weighted by atomic mass is 16.5. The van der Waals surface area contributed by atoms with Crippen molar-refractivity contribution >= 4 is 23.2 Å². The average molecular weight is 369 g/mol. The third kappa shape index (κ3) is 3.55. The number of rotatable bonds is 4. The van der Waals surface area contributed by atoms with Gasteiger partial charge in [-0.2, -0.15) is 0 Å². The molecule has 0 spiro atoms. The number of methoxy groups -OCH3 is 1. The SMILES string of the molecule is COCc1ccc(N(C)C(=O)c2cn(C(C)(C)C)c3c2C(N)=NCN3)cc1. The molecule has 1 aromatic carbocycles. The van der Waals surface area contributed by atoms with Gasteiger partial charge in [0, 0.05) is 31.6 Å². The zero-order valence-corrected chi connectivity index (χ0v) is 16.5. The first kappa shape index (κ1) is 19.0. The van der Waals surface area contributed by atoms with Gasteiger partial charge in [-0.15, -0.1) is 0 Å². The minimum Gasteiger partial charge on any atom is -0.383 e. The highest BCUT2D eigenvalue weighted by molar-refractivity contribution is 6.16. The number of nitrogens with zero attached hydrogens (tertiary/aromatic N) is 3. The number of ether oxygens (including phenoxy) is 1. The zero-order chi connectivity index (χ0) is 19.8. The third-order valence-corrected chi connectivity index (χ3v) is 4.65. The first-order valence-corrected chi connectivity index (χ1v) is 8.90. The predicted molar refractivity (Wildman–Crippen MR) is 109 cm³/mol. The number of hydrogen-bond donors (Lipinski definition) is 2. The van der Waals surface area contributed by atoms with E-state index >= 15 is 0 Å². The van der Waals surface area contributed by atoms with E-state index in [1.54, 1.807) is 19.1 Å². The lowest BCUT2D eigenvalue weighted by molar-refractivity contribution is 0.0992. The Hall–Kier alpha value is -2.80. The number of nitrogens with two attached hydrogens (primary N) is 1. The van der Waals surface area contributed by atoms with Crippen molar-refractivity contribution in [3.05, 3.63) is 47.2 Å². The Morgan fingerprint density at radius 2 is 2.00 bits per heavy atom. The number of carbonyl (C=O) groups excluding carboxylic acids is 1. The van der Waals surface area contributed by atoms with E-state index in [2.05, 4.69) is 31.1 Å². The van der Waals surface area contributed by atoms with E-state index in [4.69, 9.17) is 10.5 Å². The van der Waals surface area contributed by atoms with Gasteiger partial charge < -0.3 is 25.3 Å². The van der Waals surface area contributed by atoms with E-state index in [1.165, 1.54) is 0 Å². The fraction of sp³-hybridized carbons (Fsp3) is 0.400. The van der Waals surface area contributed by atoms with Gasteiger partial charge in [0.05, 0.1) is 17.7 Å². The normalized spacial score (nSPS) is 13.6. The molecule has 1 aromatic heterocycles. The summed E-state index contributed by atoms with van der Waals surface area (Å²) >= 11 is 0. The number of aliphatic imine (C=N–C) groups is 1. The van der Waals surface area contributed by atoms with Crippen LogP contribution >= 0.6 is 0 Å². The van der Waals surface area contributed by atoms with Crippen LogP contribution in [0, 0.1) is 0 Å². The number of benzene rings is 1. The lowest BCUT2D eigenvalue weighted by Gasteiger charge is -2.26. The molecule has 2 heterocycles. The zero-order valence-electron chi connectivity index (χ0n) is 16.5. The van der Waals surface area contributed by atoms with Crippen molar-refractivity contribution in [1.82, 2.24) is 4.57 Å². The molecule has 0 atom stereocenters. The molecule has 0 radical (unpaired) electrons. The monoisotopic (exact) mass is 369 g/mol. The molecule has 27 heavy (non-hydrogen) atoms. The largest absolute Gasteiger partial charge is 0.383 e. The minimum atomic E-state index is -0.201. The summed E-state index contributed by atoms with van der Waals surface area (Å²) in [6.45, 7) is 7.21. The standard InChI is InChI=1S/C20H27N5O2/c1-20(2,3)25-10-15(16-17(21)22-12-23-18(16)25)19(26)24(4)14-8-6-13(7-9-14)11-27-5/h6-10,23H,11-12H2,1-5H3,(H2,21,22). The summed E-state index contributed by atoms with van der Waals surface area (Å²) in [6.07, 6.45) is 1.86. The van der Waals surface area contributed by atoms with Crippen molar-refractivity contribution < 1.29 is 9.53 Å². The van der Waals surface area contributed by atoms with Crippen LogP contribution in [0.3, 0.4) is 0 Å². The van der Waals surface area contributed by atoms with Crippen molar-refractivity contribution in [3.8, 4) is 0 Å². The van der Waals surface area contributed by atoms with Crippen molar-refractivity contribution in [2.45, 2.75) is 32.9 Å². The first-order chi connectivity index (χ1) is 12.7. The van der Waals surface area contributed by atoms with Crippen molar-refractivity contribution in [2.75, 3.05) is 31.0 Å². The summed E-state index contributed by atoms with van der Waals surface area (Å²) in [5.41, 5.74) is 9.01. The van der Waals surface area contributed by atoms with E-state index in [9.17, 15) is 4.79 Å². The summed E-state index contributed by atoms with van der Waals surface area (Å²) in [4.78, 5) is 19.1. The molecule has 1 aliphatic rings. The van der Waals surface area contributed by atoms with Gasteiger partial charge in [0.15, 0.2) is 0 Å². The second kappa shape index (κ2) is 7.08. The van der Waals surface area contributed by atoms with E-state index in [0.29, 0.717) is 30.2 Å². The maximum atomic E-state index is 13.3. The highest BCUT2D eigenvalue weighted by Gasteiger charge is 2.30. The molecule has 7 heteroatoms. The molecule has 3 N–H and O–H groups in total. The molecule has 0 aliphatic carbocycles. The van der Waals surface area contributed by atoms with Gasteiger partial charge in [0.1, 0.15) is 18.3 Å². The Morgan fingerprint density at radius 3 is 2.59 bits per heavy atom. The third-order valence-electron chi connectivity index (χ3n) is 4.65. The van der Waals surface area contributed by atoms with Gasteiger partial charge in [-0.05, 0) is 38.5 Å². The van der Waals surface area contributed by atoms with Gasteiger partial charge in [-0.1, -0.05) is 12.1 Å². The summed E-state index contributed by atoms with van der Waals surface area (Å²) in [7, 11) is 3.42. The van der Waals surface area contributed by atoms with Crippen molar-refractivity contribution in [2.24, 2.45) is 10.7 Å². The molecule has 3 rings (SSSR count). The Kier molecular flexibility index (Phi) is 4.97. The molecule has 1 amide bonds. The molecule has 0 fully saturated rings. The van der Waals surface area contributed by atoms with Crippen LogP contribution < -0.4 is 16.0 Å². The molecule has 144 valence electrons. The summed E-state index contributed by atoms with van der Waals surface area (Å²) in [5.74, 6) is 1.09. The van der Waals surface area contributed by atoms with Crippen LogP contribution in [0.5, 0.6) is 0 Å². The van der Waals surface area contributed by atoms with Crippen molar-refractivity contribution in [3.63, 3.8) is 0 Å². The topological polar surface area (TPSA) is 84.9 Å². The van der Waals surface area contributed by atoms with Crippen LogP contribution in [-0.4, -0.2) is 37.1 Å². The average Bonchev–Trinajstić information content (AvgIpc) is 3.03. The number of aromatic nitrogens is 1. The molecule has 0 unspecified atom stereocenters. The van der Waals surface area contributed by atoms with Gasteiger partial charge in [0.25, 0.3) is 5.91 Å². The van der Waals surface area contributed by atoms with Gasteiger partial charge >= 0.3 is 0 Å². The number of hydrogen-bond acceptors (Lipinski definition) is 5. The van der Waals surface area contributed by atoms with Gasteiger partial charge in [-0.3, -0.25) is 4.79 Å². The molecule has 7 nitrogen and oxygen atoms in total. The Bertz CT molecular complexity index is 875. The van der Waals surface area contributed by atoms with Gasteiger partial charge in [-0.25, -0.2) is 4.99 Å². The molecular formula is C20H27N5O2. The van der Waals surface area contributed by atoms with Crippen LogP contribution in [0.1, 0.15) is 42.3 Å². The Balaban J connectivity index is 1.99. The lowest BCUT2D eigenvalue weighted by atomic mass is 10.1. The molecule has 0 saturated carbocycles. The summed E-state index contributed by atoms with van der Waals surface area (Å²) < 4.78 is 7.18. The maximum absolute atomic E-state index is 13.3. The molecule has 0 saturated heterocycles. The summed E-state index contributed by atoms with van der Waals surface area (Å²) in [6, 6.07) is 7.73. The maximum Gasteiger partial charge on any atom is 0.260 e. The first-order valence-electron chi connectivity index (χ1n) is 8.90. The minimum absolute atomic E-state index is 0.129. The molecule has 0 bridgehead atoms. The van der Waals surface area contributed by atoms with E-state index in [1.807, 2.05) is 35.0 Å². The van der Waals surface area contributed by atoms with Crippen LogP contribution in [-0.2, 0) is 16.9 Å². The van der Waals surface area contributed by atoms with Crippen LogP contribution in [0.15, 0.2) is 35.5 Å². The quantitative estimate of drug-likeness (QED) is 0.868. The number of amidine groups is 1. The highest BCUT2D eigenvalue weighted by Crippen LogP contribution is 2.32. The van der Waals surface area contributed by atoms with Crippen molar-refractivity contribution in [1.29, 1.82) is 0 Å². The second-order valence-corrected chi connectivity index (χ2v) is 7.65. The number of amides is 1.